The van der Waals surface area contributed by atoms with Crippen molar-refractivity contribution < 1.29 is 14.3 Å². The summed E-state index contributed by atoms with van der Waals surface area (Å²) in [5.41, 5.74) is 1.14. The van der Waals surface area contributed by atoms with E-state index in [9.17, 15) is 14.4 Å². The minimum absolute atomic E-state index is 0.150. The number of benzene rings is 1. The first-order valence-electron chi connectivity index (χ1n) is 11.2. The number of hydrogen-bond donors (Lipinski definition) is 2. The fourth-order valence-corrected chi connectivity index (χ4v) is 5.28. The van der Waals surface area contributed by atoms with Crippen molar-refractivity contribution in [2.24, 2.45) is 0 Å². The van der Waals surface area contributed by atoms with E-state index < -0.39 is 0 Å². The van der Waals surface area contributed by atoms with Gasteiger partial charge in [0, 0.05) is 18.2 Å². The van der Waals surface area contributed by atoms with Crippen LogP contribution in [0.1, 0.15) is 52.9 Å². The molecule has 2 aromatic heterocycles. The predicted octanol–water partition coefficient (Wildman–Crippen LogP) is 3.15. The number of nitrogens with zero attached hydrogens (tertiary/aromatic N) is 2. The van der Waals surface area contributed by atoms with Gasteiger partial charge in [-0.3, -0.25) is 19.0 Å². The molecule has 1 aliphatic rings. The maximum absolute atomic E-state index is 13.1. The van der Waals surface area contributed by atoms with Crippen molar-refractivity contribution >= 4 is 33.4 Å². The second-order valence-corrected chi connectivity index (χ2v) is 9.31. The number of carbonyl (C=O) groups is 2. The van der Waals surface area contributed by atoms with E-state index >= 15 is 0 Å². The summed E-state index contributed by atoms with van der Waals surface area (Å²) in [7, 11) is 1.58. The van der Waals surface area contributed by atoms with Crippen molar-refractivity contribution in [2.45, 2.75) is 58.2 Å². The molecule has 0 aliphatic heterocycles. The number of fused-ring (bicyclic) bond motifs is 1. The van der Waals surface area contributed by atoms with E-state index in [0.717, 1.165) is 31.2 Å². The summed E-state index contributed by atoms with van der Waals surface area (Å²) in [5, 5.41) is 6.32. The fraction of sp³-hybridized carbons (Fsp3) is 0.417. The average molecular weight is 469 g/mol. The van der Waals surface area contributed by atoms with Crippen LogP contribution in [0.3, 0.4) is 0 Å². The standard InChI is InChI=1S/C24H28N4O4S/c1-15-20-23(33-21(15)22(30)27-17-9-4-3-5-10-17)26-14-28(24(20)31)13-19(29)25-12-16-8-6-7-11-18(16)32-2/h6-8,11,14,17H,3-5,9-10,12-13H2,1-2H3,(H,25,29)(H,27,30). The van der Waals surface area contributed by atoms with Gasteiger partial charge in [0.2, 0.25) is 5.91 Å². The number of amides is 2. The highest BCUT2D eigenvalue weighted by molar-refractivity contribution is 7.20. The number of hydrogen-bond acceptors (Lipinski definition) is 6. The second-order valence-electron chi connectivity index (χ2n) is 8.31. The van der Waals surface area contributed by atoms with Gasteiger partial charge in [0.05, 0.1) is 23.7 Å². The molecule has 8 nitrogen and oxygen atoms in total. The summed E-state index contributed by atoms with van der Waals surface area (Å²) in [6.07, 6.45) is 6.81. The first kappa shape index (κ1) is 23.0. The highest BCUT2D eigenvalue weighted by atomic mass is 32.1. The number of methoxy groups -OCH3 is 1. The summed E-state index contributed by atoms with van der Waals surface area (Å²) >= 11 is 1.22. The van der Waals surface area contributed by atoms with Crippen LogP contribution in [0.15, 0.2) is 35.4 Å². The number of aromatic nitrogens is 2. The van der Waals surface area contributed by atoms with Gasteiger partial charge in [0.15, 0.2) is 0 Å². The lowest BCUT2D eigenvalue weighted by molar-refractivity contribution is -0.121. The van der Waals surface area contributed by atoms with E-state index in [-0.39, 0.29) is 36.5 Å². The van der Waals surface area contributed by atoms with Crippen molar-refractivity contribution in [3.63, 3.8) is 0 Å². The van der Waals surface area contributed by atoms with Gasteiger partial charge >= 0.3 is 0 Å². The number of rotatable bonds is 7. The maximum atomic E-state index is 13.1. The van der Waals surface area contributed by atoms with E-state index in [4.69, 9.17) is 4.74 Å². The van der Waals surface area contributed by atoms with Gasteiger partial charge in [-0.05, 0) is 31.4 Å². The van der Waals surface area contributed by atoms with Crippen LogP contribution >= 0.6 is 11.3 Å². The molecule has 9 heteroatoms. The normalized spacial score (nSPS) is 14.2. The molecule has 0 spiro atoms. The molecule has 2 heterocycles. The maximum Gasteiger partial charge on any atom is 0.262 e. The Morgan fingerprint density at radius 3 is 2.73 bits per heavy atom. The van der Waals surface area contributed by atoms with Crippen LogP contribution in [0.2, 0.25) is 0 Å². The predicted molar refractivity (Wildman–Crippen MR) is 128 cm³/mol. The van der Waals surface area contributed by atoms with Crippen LogP contribution in [0.25, 0.3) is 10.2 Å². The lowest BCUT2D eigenvalue weighted by atomic mass is 9.95. The monoisotopic (exact) mass is 468 g/mol. The van der Waals surface area contributed by atoms with E-state index in [0.29, 0.717) is 26.4 Å². The molecule has 1 aliphatic carbocycles. The van der Waals surface area contributed by atoms with Crippen LogP contribution in [0.4, 0.5) is 0 Å². The second kappa shape index (κ2) is 10.2. The lowest BCUT2D eigenvalue weighted by Gasteiger charge is -2.22. The Labute approximate surface area is 196 Å². The molecule has 0 atom stereocenters. The topological polar surface area (TPSA) is 102 Å². The molecule has 0 bridgehead atoms. The molecule has 0 radical (unpaired) electrons. The number of ether oxygens (including phenoxy) is 1. The first-order valence-corrected chi connectivity index (χ1v) is 12.0. The largest absolute Gasteiger partial charge is 0.496 e. The number of carbonyl (C=O) groups excluding carboxylic acids is 2. The third-order valence-electron chi connectivity index (χ3n) is 6.05. The highest BCUT2D eigenvalue weighted by Crippen LogP contribution is 2.27. The first-order chi connectivity index (χ1) is 16.0. The Kier molecular flexibility index (Phi) is 7.08. The quantitative estimate of drug-likeness (QED) is 0.555. The number of aryl methyl sites for hydroxylation is 1. The minimum atomic E-state index is -0.321. The molecule has 33 heavy (non-hydrogen) atoms. The smallest absolute Gasteiger partial charge is 0.262 e. The molecule has 1 aromatic carbocycles. The van der Waals surface area contributed by atoms with Gasteiger partial charge in [-0.15, -0.1) is 11.3 Å². The molecule has 3 aromatic rings. The van der Waals surface area contributed by atoms with Crippen molar-refractivity contribution in [1.29, 1.82) is 0 Å². The number of thiophene rings is 1. The van der Waals surface area contributed by atoms with Crippen molar-refractivity contribution in [1.82, 2.24) is 20.2 Å². The van der Waals surface area contributed by atoms with Gasteiger partial charge in [0.25, 0.3) is 11.5 Å². The summed E-state index contributed by atoms with van der Waals surface area (Å²) in [4.78, 5) is 43.8. The van der Waals surface area contributed by atoms with Gasteiger partial charge in [0.1, 0.15) is 17.1 Å². The van der Waals surface area contributed by atoms with Crippen molar-refractivity contribution in [3.8, 4) is 5.75 Å². The van der Waals surface area contributed by atoms with Crippen LogP contribution in [0.5, 0.6) is 5.75 Å². The zero-order valence-corrected chi connectivity index (χ0v) is 19.7. The molecule has 1 fully saturated rings. The summed E-state index contributed by atoms with van der Waals surface area (Å²) in [6, 6.07) is 7.61. The minimum Gasteiger partial charge on any atom is -0.496 e. The number of para-hydroxylation sites is 1. The fourth-order valence-electron chi connectivity index (χ4n) is 4.24. The molecular formula is C24H28N4O4S. The zero-order chi connectivity index (χ0) is 23.4. The van der Waals surface area contributed by atoms with Gasteiger partial charge < -0.3 is 15.4 Å². The third-order valence-corrected chi connectivity index (χ3v) is 7.24. The van der Waals surface area contributed by atoms with Crippen LogP contribution in [-0.2, 0) is 17.9 Å². The summed E-state index contributed by atoms with van der Waals surface area (Å²) in [5.74, 6) is 0.223. The Morgan fingerprint density at radius 2 is 1.97 bits per heavy atom. The number of nitrogens with one attached hydrogen (secondary N) is 2. The third kappa shape index (κ3) is 5.08. The molecule has 1 saturated carbocycles. The van der Waals surface area contributed by atoms with Crippen LogP contribution in [-0.4, -0.2) is 34.5 Å². The van der Waals surface area contributed by atoms with Crippen LogP contribution < -0.4 is 20.9 Å². The Bertz CT molecular complexity index is 1230. The van der Waals surface area contributed by atoms with Gasteiger partial charge in [-0.25, -0.2) is 4.98 Å². The van der Waals surface area contributed by atoms with E-state index in [2.05, 4.69) is 15.6 Å². The zero-order valence-electron chi connectivity index (χ0n) is 18.8. The SMILES string of the molecule is COc1ccccc1CNC(=O)Cn1cnc2sc(C(=O)NC3CCCCC3)c(C)c2c1=O. The Hall–Kier alpha value is -3.20. The Morgan fingerprint density at radius 1 is 1.21 bits per heavy atom. The van der Waals surface area contributed by atoms with E-state index in [1.165, 1.54) is 28.7 Å². The lowest BCUT2D eigenvalue weighted by Crippen LogP contribution is -2.36. The van der Waals surface area contributed by atoms with Gasteiger partial charge in [-0.2, -0.15) is 0 Å². The highest BCUT2D eigenvalue weighted by Gasteiger charge is 2.23. The molecule has 2 amide bonds. The Balaban J connectivity index is 1.48. The summed E-state index contributed by atoms with van der Waals surface area (Å²) in [6.45, 7) is 1.90. The van der Waals surface area contributed by atoms with Crippen LogP contribution in [0, 0.1) is 6.92 Å². The summed E-state index contributed by atoms with van der Waals surface area (Å²) < 4.78 is 6.58. The average Bonchev–Trinajstić information content (AvgIpc) is 3.17. The molecule has 0 saturated heterocycles. The molecule has 174 valence electrons. The van der Waals surface area contributed by atoms with E-state index in [1.54, 1.807) is 14.0 Å². The van der Waals surface area contributed by atoms with Crippen molar-refractivity contribution in [3.05, 3.63) is 57.0 Å². The molecule has 4 rings (SSSR count). The molecule has 0 unspecified atom stereocenters. The molecular weight excluding hydrogens is 440 g/mol. The van der Waals surface area contributed by atoms with Crippen molar-refractivity contribution in [2.75, 3.05) is 7.11 Å². The molecule has 2 N–H and O–H groups in total. The van der Waals surface area contributed by atoms with E-state index in [1.807, 2.05) is 24.3 Å². The van der Waals surface area contributed by atoms with Gasteiger partial charge in [-0.1, -0.05) is 37.5 Å².